The molecule has 0 aliphatic carbocycles. The Morgan fingerprint density at radius 3 is 2.62 bits per heavy atom. The lowest BCUT2D eigenvalue weighted by atomic mass is 10.1. The molecule has 1 aliphatic rings. The second kappa shape index (κ2) is 5.79. The molecule has 0 radical (unpaired) electrons. The minimum atomic E-state index is -0.110. The van der Waals surface area contributed by atoms with Crippen LogP contribution in [0.5, 0.6) is 0 Å². The van der Waals surface area contributed by atoms with E-state index in [4.69, 9.17) is 0 Å². The Kier molecular flexibility index (Phi) is 3.69. The van der Waals surface area contributed by atoms with Gasteiger partial charge in [0.25, 0.3) is 5.91 Å². The van der Waals surface area contributed by atoms with Crippen molar-refractivity contribution in [3.05, 3.63) is 65.2 Å². The number of para-hydroxylation sites is 1. The maximum absolute atomic E-state index is 12.3. The van der Waals surface area contributed by atoms with E-state index in [9.17, 15) is 4.79 Å². The Bertz CT molecular complexity index is 689. The summed E-state index contributed by atoms with van der Waals surface area (Å²) in [4.78, 5) is 16.7. The van der Waals surface area contributed by atoms with Crippen LogP contribution in [0.3, 0.4) is 0 Å². The van der Waals surface area contributed by atoms with Crippen molar-refractivity contribution in [3.63, 3.8) is 0 Å². The molecule has 4 nitrogen and oxygen atoms in total. The number of hydrogen-bond donors (Lipinski definition) is 2. The number of carbonyl (C=O) groups is 1. The van der Waals surface area contributed by atoms with Crippen LogP contribution < -0.4 is 10.6 Å². The second-order valence-corrected chi connectivity index (χ2v) is 5.02. The molecule has 0 fully saturated rings. The number of amides is 1. The third-order valence-corrected chi connectivity index (χ3v) is 3.42. The van der Waals surface area contributed by atoms with Crippen LogP contribution >= 0.6 is 0 Å². The second-order valence-electron chi connectivity index (χ2n) is 5.02. The lowest BCUT2D eigenvalue weighted by molar-refractivity contribution is 0.102. The fourth-order valence-corrected chi connectivity index (χ4v) is 2.28. The van der Waals surface area contributed by atoms with Gasteiger partial charge >= 0.3 is 0 Å². The molecule has 0 unspecified atom stereocenters. The summed E-state index contributed by atoms with van der Waals surface area (Å²) in [5.74, 6) is 0.732. The number of rotatable bonds is 3. The topological polar surface area (TPSA) is 53.5 Å². The Labute approximate surface area is 123 Å². The van der Waals surface area contributed by atoms with E-state index in [1.165, 1.54) is 0 Å². The molecule has 1 aliphatic heterocycles. The smallest absolute Gasteiger partial charge is 0.255 e. The highest BCUT2D eigenvalue weighted by atomic mass is 16.1. The number of carbonyl (C=O) groups excluding carboxylic acids is 1. The van der Waals surface area contributed by atoms with E-state index in [0.717, 1.165) is 35.7 Å². The lowest BCUT2D eigenvalue weighted by Gasteiger charge is -2.11. The minimum Gasteiger partial charge on any atom is -0.368 e. The number of hydrogen-bond acceptors (Lipinski definition) is 3. The largest absolute Gasteiger partial charge is 0.368 e. The van der Waals surface area contributed by atoms with Crippen molar-refractivity contribution in [2.45, 2.75) is 6.92 Å². The Morgan fingerprint density at radius 2 is 1.90 bits per heavy atom. The highest BCUT2D eigenvalue weighted by molar-refractivity contribution is 6.10. The van der Waals surface area contributed by atoms with Crippen molar-refractivity contribution in [1.82, 2.24) is 5.32 Å². The molecule has 0 saturated carbocycles. The maximum Gasteiger partial charge on any atom is 0.255 e. The van der Waals surface area contributed by atoms with Gasteiger partial charge in [-0.2, -0.15) is 0 Å². The van der Waals surface area contributed by atoms with E-state index in [-0.39, 0.29) is 5.91 Å². The van der Waals surface area contributed by atoms with Gasteiger partial charge in [0.1, 0.15) is 5.84 Å². The van der Waals surface area contributed by atoms with Gasteiger partial charge in [0.05, 0.1) is 12.2 Å². The number of nitrogens with zero attached hydrogens (tertiary/aromatic N) is 1. The van der Waals surface area contributed by atoms with Gasteiger partial charge in [-0.3, -0.25) is 9.79 Å². The maximum atomic E-state index is 12.3. The Morgan fingerprint density at radius 1 is 1.14 bits per heavy atom. The quantitative estimate of drug-likeness (QED) is 0.907. The number of benzene rings is 2. The van der Waals surface area contributed by atoms with Crippen molar-refractivity contribution in [3.8, 4) is 0 Å². The van der Waals surface area contributed by atoms with Gasteiger partial charge < -0.3 is 10.6 Å². The van der Waals surface area contributed by atoms with Crippen molar-refractivity contribution in [2.75, 3.05) is 18.4 Å². The SMILES string of the molecule is Cc1ccc(C(=O)Nc2ccccc2C2=NCCN2)cc1. The number of nitrogens with one attached hydrogen (secondary N) is 2. The fourth-order valence-electron chi connectivity index (χ4n) is 2.28. The molecule has 0 atom stereocenters. The highest BCUT2D eigenvalue weighted by Gasteiger charge is 2.14. The van der Waals surface area contributed by atoms with Gasteiger partial charge in [0, 0.05) is 17.7 Å². The first kappa shape index (κ1) is 13.4. The van der Waals surface area contributed by atoms with Crippen LogP contribution in [0.1, 0.15) is 21.5 Å². The predicted octanol–water partition coefficient (Wildman–Crippen LogP) is 2.60. The molecule has 106 valence electrons. The number of anilines is 1. The Balaban J connectivity index is 1.84. The normalized spacial score (nSPS) is 13.5. The summed E-state index contributed by atoms with van der Waals surface area (Å²) in [6.45, 7) is 3.62. The molecule has 0 spiro atoms. The fraction of sp³-hybridized carbons (Fsp3) is 0.176. The summed E-state index contributed by atoms with van der Waals surface area (Å²) in [5, 5.41) is 6.20. The van der Waals surface area contributed by atoms with Gasteiger partial charge in [-0.05, 0) is 31.2 Å². The summed E-state index contributed by atoms with van der Waals surface area (Å²) < 4.78 is 0. The summed E-state index contributed by atoms with van der Waals surface area (Å²) in [5.41, 5.74) is 3.49. The van der Waals surface area contributed by atoms with Crippen molar-refractivity contribution < 1.29 is 4.79 Å². The van der Waals surface area contributed by atoms with Crippen LogP contribution in [0, 0.1) is 6.92 Å². The monoisotopic (exact) mass is 279 g/mol. The molecule has 3 rings (SSSR count). The minimum absolute atomic E-state index is 0.110. The van der Waals surface area contributed by atoms with E-state index >= 15 is 0 Å². The third kappa shape index (κ3) is 2.94. The summed E-state index contributed by atoms with van der Waals surface area (Å²) in [6.07, 6.45) is 0. The first-order valence-electron chi connectivity index (χ1n) is 7.00. The zero-order valence-electron chi connectivity index (χ0n) is 11.9. The molecule has 21 heavy (non-hydrogen) atoms. The van der Waals surface area contributed by atoms with E-state index in [1.54, 1.807) is 0 Å². The van der Waals surface area contributed by atoms with Gasteiger partial charge in [-0.25, -0.2) is 0 Å². The summed E-state index contributed by atoms with van der Waals surface area (Å²) in [7, 11) is 0. The molecule has 1 heterocycles. The highest BCUT2D eigenvalue weighted by Crippen LogP contribution is 2.18. The molecular formula is C17H17N3O. The summed E-state index contributed by atoms with van der Waals surface area (Å²) in [6, 6.07) is 15.2. The average molecular weight is 279 g/mol. The van der Waals surface area contributed by atoms with Gasteiger partial charge in [-0.1, -0.05) is 29.8 Å². The molecule has 2 N–H and O–H groups in total. The first-order valence-corrected chi connectivity index (χ1v) is 7.00. The molecule has 0 aromatic heterocycles. The van der Waals surface area contributed by atoms with Crippen LogP contribution in [0.25, 0.3) is 0 Å². The molecule has 4 heteroatoms. The van der Waals surface area contributed by atoms with Gasteiger partial charge in [0.15, 0.2) is 0 Å². The van der Waals surface area contributed by atoms with E-state index < -0.39 is 0 Å². The molecule has 2 aromatic carbocycles. The predicted molar refractivity (Wildman–Crippen MR) is 85.0 cm³/mol. The Hall–Kier alpha value is -2.62. The molecular weight excluding hydrogens is 262 g/mol. The van der Waals surface area contributed by atoms with Crippen LogP contribution in [0.4, 0.5) is 5.69 Å². The summed E-state index contributed by atoms with van der Waals surface area (Å²) >= 11 is 0. The van der Waals surface area contributed by atoms with Crippen LogP contribution in [0.2, 0.25) is 0 Å². The van der Waals surface area contributed by atoms with Crippen LogP contribution in [0.15, 0.2) is 53.5 Å². The molecule has 2 aromatic rings. The van der Waals surface area contributed by atoms with E-state index in [0.29, 0.717) is 5.56 Å². The molecule has 1 amide bonds. The first-order chi connectivity index (χ1) is 10.2. The number of aryl methyl sites for hydroxylation is 1. The number of aliphatic imine (C=N–C) groups is 1. The molecule has 0 bridgehead atoms. The van der Waals surface area contributed by atoms with Crippen molar-refractivity contribution in [2.24, 2.45) is 4.99 Å². The van der Waals surface area contributed by atoms with Gasteiger partial charge in [0.2, 0.25) is 0 Å². The van der Waals surface area contributed by atoms with Gasteiger partial charge in [-0.15, -0.1) is 0 Å². The standard InChI is InChI=1S/C17H17N3O/c1-12-6-8-13(9-7-12)17(21)20-15-5-3-2-4-14(15)16-18-10-11-19-16/h2-9H,10-11H2,1H3,(H,18,19)(H,20,21). The third-order valence-electron chi connectivity index (χ3n) is 3.42. The van der Waals surface area contributed by atoms with Crippen LogP contribution in [-0.2, 0) is 0 Å². The van der Waals surface area contributed by atoms with Crippen molar-refractivity contribution in [1.29, 1.82) is 0 Å². The lowest BCUT2D eigenvalue weighted by Crippen LogP contribution is -2.22. The van der Waals surface area contributed by atoms with E-state index in [1.807, 2.05) is 55.5 Å². The van der Waals surface area contributed by atoms with Crippen LogP contribution in [-0.4, -0.2) is 24.8 Å². The number of amidine groups is 1. The average Bonchev–Trinajstić information content (AvgIpc) is 3.02. The zero-order chi connectivity index (χ0) is 14.7. The van der Waals surface area contributed by atoms with Crippen molar-refractivity contribution >= 4 is 17.4 Å². The molecule has 0 saturated heterocycles. The zero-order valence-corrected chi connectivity index (χ0v) is 11.9. The van der Waals surface area contributed by atoms with E-state index in [2.05, 4.69) is 15.6 Å².